The summed E-state index contributed by atoms with van der Waals surface area (Å²) in [5, 5.41) is 55.4. The first-order valence-electron chi connectivity index (χ1n) is 9.31. The fraction of sp³-hybridized carbons (Fsp3) is 0.444. The smallest absolute Gasteiger partial charge is 0.748 e. The molecule has 0 aromatic carbocycles. The second-order valence-corrected chi connectivity index (χ2v) is 9.74. The summed E-state index contributed by atoms with van der Waals surface area (Å²) in [6, 6.07) is 0. The Balaban J connectivity index is 0.000000642. The van der Waals surface area contributed by atoms with E-state index in [4.69, 9.17) is 20.4 Å². The normalized spacial score (nSPS) is 11.4. The third kappa shape index (κ3) is 9.66. The second-order valence-electron chi connectivity index (χ2n) is 6.94. The maximum Gasteiger partial charge on any atom is 2.00 e. The number of pyridine rings is 2. The molecule has 0 bridgehead atoms. The van der Waals surface area contributed by atoms with E-state index in [1.165, 1.54) is 13.8 Å². The Morgan fingerprint density at radius 3 is 1.09 bits per heavy atom. The van der Waals surface area contributed by atoms with Gasteiger partial charge in [0, 0.05) is 22.3 Å². The molecule has 0 aliphatic heterocycles. The first-order chi connectivity index (χ1) is 15.6. The van der Waals surface area contributed by atoms with Crippen molar-refractivity contribution in [3.63, 3.8) is 0 Å². The Morgan fingerprint density at radius 2 is 0.886 bits per heavy atom. The Morgan fingerprint density at radius 1 is 0.629 bits per heavy atom. The van der Waals surface area contributed by atoms with Gasteiger partial charge in [-0.15, -0.1) is 0 Å². The van der Waals surface area contributed by atoms with Gasteiger partial charge in [0.1, 0.15) is 31.7 Å². The van der Waals surface area contributed by atoms with Gasteiger partial charge >= 0.3 is 37.7 Å². The largest absolute Gasteiger partial charge is 2.00 e. The van der Waals surface area contributed by atoms with Crippen molar-refractivity contribution >= 4 is 58.0 Å². The van der Waals surface area contributed by atoms with E-state index in [9.17, 15) is 36.2 Å². The van der Waals surface area contributed by atoms with Gasteiger partial charge in [-0.3, -0.25) is 9.97 Å². The van der Waals surface area contributed by atoms with E-state index in [0.717, 1.165) is 0 Å². The van der Waals surface area contributed by atoms with Crippen LogP contribution in [0.1, 0.15) is 45.0 Å². The molecule has 2 aromatic heterocycles. The maximum absolute atomic E-state index is 10.7. The second kappa shape index (κ2) is 13.9. The van der Waals surface area contributed by atoms with Crippen molar-refractivity contribution in [3.05, 3.63) is 45.0 Å². The third-order valence-electron chi connectivity index (χ3n) is 4.55. The number of hydrogen-bond donors (Lipinski definition) is 6. The predicted octanol–water partition coefficient (Wildman–Crippen LogP) is -2.13. The van der Waals surface area contributed by atoms with Gasteiger partial charge in [0.15, 0.2) is 0 Å². The maximum atomic E-state index is 10.7. The van der Waals surface area contributed by atoms with E-state index in [-0.39, 0.29) is 94.3 Å². The molecule has 0 atom stereocenters. The number of aromatic nitrogens is 2. The minimum Gasteiger partial charge on any atom is -0.748 e. The Labute approximate surface area is 231 Å². The average molecular weight is 565 g/mol. The van der Waals surface area contributed by atoms with Crippen LogP contribution in [-0.4, -0.2) is 104 Å². The Bertz CT molecular complexity index is 1150. The van der Waals surface area contributed by atoms with Crippen LogP contribution < -0.4 is 0 Å². The summed E-state index contributed by atoms with van der Waals surface area (Å²) in [6.07, 6.45) is 0. The molecular weight excluding hydrogens is 540 g/mol. The quantitative estimate of drug-likeness (QED) is 0.148. The van der Waals surface area contributed by atoms with Crippen molar-refractivity contribution in [3.8, 4) is 11.5 Å². The summed E-state index contributed by atoms with van der Waals surface area (Å²) in [4.78, 5) is 7.47. The number of aryl methyl sites for hydroxylation is 2. The fourth-order valence-electron chi connectivity index (χ4n) is 3.00. The van der Waals surface area contributed by atoms with Crippen molar-refractivity contribution in [2.75, 3.05) is 0 Å². The molecule has 0 aliphatic rings. The summed E-state index contributed by atoms with van der Waals surface area (Å²) in [7, 11) is -9.10. The van der Waals surface area contributed by atoms with Crippen molar-refractivity contribution in [1.29, 1.82) is 0 Å². The molecule has 35 heavy (non-hydrogen) atoms. The zero-order chi connectivity index (χ0) is 26.4. The van der Waals surface area contributed by atoms with Crippen LogP contribution >= 0.6 is 0 Å². The van der Waals surface area contributed by atoms with Crippen LogP contribution in [0.5, 0.6) is 11.5 Å². The molecule has 17 heteroatoms. The van der Waals surface area contributed by atoms with E-state index in [1.54, 1.807) is 0 Å². The van der Waals surface area contributed by atoms with E-state index in [1.807, 2.05) is 0 Å². The molecule has 2 heterocycles. The number of aliphatic hydroxyl groups is 4. The Hall–Kier alpha value is -1.18. The molecule has 0 unspecified atom stereocenters. The summed E-state index contributed by atoms with van der Waals surface area (Å²) < 4.78 is 64.0. The molecule has 0 fully saturated rings. The van der Waals surface area contributed by atoms with Gasteiger partial charge in [-0.05, 0) is 13.8 Å². The molecule has 6 N–H and O–H groups in total. The van der Waals surface area contributed by atoms with Crippen LogP contribution in [0.15, 0.2) is 0 Å². The van der Waals surface area contributed by atoms with Crippen molar-refractivity contribution in [2.45, 2.75) is 51.8 Å². The molecule has 0 spiro atoms. The molecule has 2 rings (SSSR count). The molecule has 0 saturated heterocycles. The molecule has 2 aromatic rings. The van der Waals surface area contributed by atoms with Crippen molar-refractivity contribution < 1.29 is 56.6 Å². The number of aliphatic hydroxyl groups excluding tert-OH is 4. The molecule has 0 aliphatic carbocycles. The molecule has 14 nitrogen and oxygen atoms in total. The SMILES string of the molecule is Cc1nc(CS(=O)(=O)[O-])c(CO)c(CO)c1O.Cc1nc(CS(=O)(=O)[O-])c(CO)c(CO)c1O.[Ca+2]. The minimum absolute atomic E-state index is 0. The number of aromatic hydroxyl groups is 2. The van der Waals surface area contributed by atoms with E-state index in [2.05, 4.69) is 9.97 Å². The van der Waals surface area contributed by atoms with Gasteiger partial charge < -0.3 is 39.7 Å². The zero-order valence-electron chi connectivity index (χ0n) is 18.8. The van der Waals surface area contributed by atoms with Gasteiger partial charge in [0.25, 0.3) is 0 Å². The van der Waals surface area contributed by atoms with Crippen molar-refractivity contribution in [2.24, 2.45) is 0 Å². The molecular formula is C18H24CaN2O12S2. The Kier molecular flexibility index (Phi) is 13.5. The third-order valence-corrected chi connectivity index (χ3v) is 5.80. The first kappa shape index (κ1) is 33.8. The van der Waals surface area contributed by atoms with Gasteiger partial charge in [-0.2, -0.15) is 0 Å². The molecule has 0 amide bonds. The standard InChI is InChI=1S/2C9H13NO6S.Ca/c2*1-5-9(13)7(3-12)6(2-11)8(10-5)4-17(14,15)16;/h2*11-13H,2-4H2,1H3,(H,14,15,16);/q;;+2/p-2. The molecule has 0 radical (unpaired) electrons. The number of rotatable bonds is 8. The van der Waals surface area contributed by atoms with Crippen LogP contribution in [0.3, 0.4) is 0 Å². The number of nitrogens with zero attached hydrogens (tertiary/aromatic N) is 2. The monoisotopic (exact) mass is 564 g/mol. The van der Waals surface area contributed by atoms with Crippen LogP contribution in [0.4, 0.5) is 0 Å². The van der Waals surface area contributed by atoms with Crippen LogP contribution in [0, 0.1) is 13.8 Å². The number of hydrogen-bond acceptors (Lipinski definition) is 14. The van der Waals surface area contributed by atoms with E-state index in [0.29, 0.717) is 0 Å². The zero-order valence-corrected chi connectivity index (χ0v) is 22.6. The van der Waals surface area contributed by atoms with E-state index >= 15 is 0 Å². The summed E-state index contributed by atoms with van der Waals surface area (Å²) in [6.45, 7) is 0.379. The minimum atomic E-state index is -4.55. The summed E-state index contributed by atoms with van der Waals surface area (Å²) in [5.74, 6) is -2.42. The first-order valence-corrected chi connectivity index (χ1v) is 12.5. The van der Waals surface area contributed by atoms with Crippen molar-refractivity contribution in [1.82, 2.24) is 9.97 Å². The van der Waals surface area contributed by atoms with Crippen LogP contribution in [0.25, 0.3) is 0 Å². The average Bonchev–Trinajstić information content (AvgIpc) is 2.70. The summed E-state index contributed by atoms with van der Waals surface area (Å²) >= 11 is 0. The van der Waals surface area contributed by atoms with Crippen LogP contribution in [0.2, 0.25) is 0 Å². The fourth-order valence-corrected chi connectivity index (χ4v) is 4.15. The topological polar surface area (TPSA) is 262 Å². The van der Waals surface area contributed by atoms with Gasteiger partial charge in [0.2, 0.25) is 0 Å². The molecule has 0 saturated carbocycles. The van der Waals surface area contributed by atoms with Gasteiger partial charge in [-0.1, -0.05) is 0 Å². The van der Waals surface area contributed by atoms with Gasteiger partial charge in [0.05, 0.1) is 60.7 Å². The predicted molar refractivity (Wildman–Crippen MR) is 118 cm³/mol. The molecule has 192 valence electrons. The van der Waals surface area contributed by atoms with E-state index < -0.39 is 58.2 Å². The van der Waals surface area contributed by atoms with Crippen LogP contribution in [-0.2, 0) is 58.2 Å². The summed E-state index contributed by atoms with van der Waals surface area (Å²) in [5.41, 5.74) is -0.221. The van der Waals surface area contributed by atoms with Gasteiger partial charge in [-0.25, -0.2) is 16.8 Å².